The zero-order valence-corrected chi connectivity index (χ0v) is 7.80. The minimum Gasteiger partial charge on any atom is -0.250 e. The molecule has 1 rings (SSSR count). The molecule has 0 bridgehead atoms. The van der Waals surface area contributed by atoms with Crippen LogP contribution in [0.1, 0.15) is 27.2 Å². The molecule has 1 aliphatic carbocycles. The van der Waals surface area contributed by atoms with Gasteiger partial charge in [0.1, 0.15) is 0 Å². The van der Waals surface area contributed by atoms with Gasteiger partial charge in [-0.3, -0.25) is 0 Å². The minimum absolute atomic E-state index is 0. The molecule has 9 heavy (non-hydrogen) atoms. The average molecular weight is 208 g/mol. The van der Waals surface area contributed by atoms with Crippen molar-refractivity contribution in [3.8, 4) is 0 Å². The molecule has 0 heterocycles. The minimum atomic E-state index is 0. The Morgan fingerprint density at radius 2 is 1.78 bits per heavy atom. The van der Waals surface area contributed by atoms with Crippen molar-refractivity contribution in [1.82, 2.24) is 0 Å². The van der Waals surface area contributed by atoms with Crippen LogP contribution in [0.15, 0.2) is 16.7 Å². The van der Waals surface area contributed by atoms with Crippen molar-refractivity contribution in [3.63, 3.8) is 0 Å². The molecule has 0 aliphatic heterocycles. The Morgan fingerprint density at radius 1 is 1.22 bits per heavy atom. The van der Waals surface area contributed by atoms with Crippen LogP contribution < -0.4 is 0 Å². The van der Waals surface area contributed by atoms with Crippen molar-refractivity contribution in [1.29, 1.82) is 0 Å². The standard InChI is InChI=1S/C8H11.Ru/c1-6-4-7(2)8(3)5-6;/h4H2,1-3H3;/q-1;+2. The molecule has 0 fully saturated rings. The SMILES string of the molecule is CC1=[C-]C(C)=C(C)C1.[Ru+2]. The van der Waals surface area contributed by atoms with Gasteiger partial charge in [-0.1, -0.05) is 20.3 Å². The molecule has 0 atom stereocenters. The Balaban J connectivity index is 0.000000640. The largest absolute Gasteiger partial charge is 2.00 e. The summed E-state index contributed by atoms with van der Waals surface area (Å²) in [6.45, 7) is 6.41. The first-order valence-electron chi connectivity index (χ1n) is 2.96. The molecular formula is C8H11Ru+. The van der Waals surface area contributed by atoms with Crippen LogP contribution in [0.25, 0.3) is 0 Å². The fraction of sp³-hybridized carbons (Fsp3) is 0.500. The Kier molecular flexibility index (Phi) is 3.35. The van der Waals surface area contributed by atoms with Gasteiger partial charge in [-0.15, -0.1) is 6.92 Å². The van der Waals surface area contributed by atoms with Crippen molar-refractivity contribution in [2.24, 2.45) is 0 Å². The summed E-state index contributed by atoms with van der Waals surface area (Å²) in [6.07, 6.45) is 4.41. The van der Waals surface area contributed by atoms with E-state index in [2.05, 4.69) is 26.8 Å². The summed E-state index contributed by atoms with van der Waals surface area (Å²) in [5.74, 6) is 0. The van der Waals surface area contributed by atoms with Gasteiger partial charge in [-0.05, 0) is 0 Å². The number of allylic oxidation sites excluding steroid dienone is 4. The van der Waals surface area contributed by atoms with Crippen LogP contribution in [-0.4, -0.2) is 0 Å². The maximum Gasteiger partial charge on any atom is 2.00 e. The zero-order valence-electron chi connectivity index (χ0n) is 6.06. The molecule has 0 N–H and O–H groups in total. The van der Waals surface area contributed by atoms with Crippen LogP contribution in [0.5, 0.6) is 0 Å². The summed E-state index contributed by atoms with van der Waals surface area (Å²) in [6, 6.07) is 0. The quantitative estimate of drug-likeness (QED) is 0.424. The van der Waals surface area contributed by atoms with Gasteiger partial charge in [0.25, 0.3) is 0 Å². The van der Waals surface area contributed by atoms with Crippen LogP contribution in [0.4, 0.5) is 0 Å². The van der Waals surface area contributed by atoms with Gasteiger partial charge in [0, 0.05) is 0 Å². The van der Waals surface area contributed by atoms with E-state index in [1.165, 1.54) is 16.7 Å². The summed E-state index contributed by atoms with van der Waals surface area (Å²) < 4.78 is 0. The topological polar surface area (TPSA) is 0 Å². The van der Waals surface area contributed by atoms with E-state index in [-0.39, 0.29) is 19.5 Å². The van der Waals surface area contributed by atoms with Gasteiger partial charge in [0.15, 0.2) is 0 Å². The van der Waals surface area contributed by atoms with Gasteiger partial charge in [-0.2, -0.15) is 5.57 Å². The van der Waals surface area contributed by atoms with Crippen LogP contribution in [-0.2, 0) is 19.5 Å². The monoisotopic (exact) mass is 209 g/mol. The van der Waals surface area contributed by atoms with E-state index in [1.54, 1.807) is 0 Å². The van der Waals surface area contributed by atoms with Crippen LogP contribution >= 0.6 is 0 Å². The molecule has 0 saturated heterocycles. The Bertz CT molecular complexity index is 163. The van der Waals surface area contributed by atoms with E-state index >= 15 is 0 Å². The Labute approximate surface area is 69.8 Å². The predicted molar refractivity (Wildman–Crippen MR) is 35.4 cm³/mol. The Morgan fingerprint density at radius 3 is 1.89 bits per heavy atom. The van der Waals surface area contributed by atoms with Gasteiger partial charge in [-0.25, -0.2) is 17.2 Å². The van der Waals surface area contributed by atoms with E-state index < -0.39 is 0 Å². The summed E-state index contributed by atoms with van der Waals surface area (Å²) in [4.78, 5) is 0. The van der Waals surface area contributed by atoms with Crippen LogP contribution in [0.3, 0.4) is 0 Å². The van der Waals surface area contributed by atoms with Crippen LogP contribution in [0, 0.1) is 6.08 Å². The van der Waals surface area contributed by atoms with Gasteiger partial charge in [0.2, 0.25) is 0 Å². The third-order valence-electron chi connectivity index (χ3n) is 1.57. The molecular weight excluding hydrogens is 197 g/mol. The summed E-state index contributed by atoms with van der Waals surface area (Å²) in [7, 11) is 0. The average Bonchev–Trinajstić information content (AvgIpc) is 1.85. The Hall–Kier alpha value is 0.103. The number of rotatable bonds is 0. The molecule has 0 saturated carbocycles. The molecule has 0 nitrogen and oxygen atoms in total. The molecule has 1 aliphatic rings. The predicted octanol–water partition coefficient (Wildman–Crippen LogP) is 2.47. The molecule has 0 aromatic rings. The fourth-order valence-electron chi connectivity index (χ4n) is 1.00. The van der Waals surface area contributed by atoms with Gasteiger partial charge >= 0.3 is 19.5 Å². The third-order valence-corrected chi connectivity index (χ3v) is 1.57. The molecule has 0 aromatic carbocycles. The van der Waals surface area contributed by atoms with E-state index in [0.29, 0.717) is 0 Å². The van der Waals surface area contributed by atoms with Crippen LogP contribution in [0.2, 0.25) is 0 Å². The zero-order chi connectivity index (χ0) is 6.15. The molecule has 0 radical (unpaired) electrons. The maximum absolute atomic E-state index is 3.26. The number of hydrogen-bond acceptors (Lipinski definition) is 0. The summed E-state index contributed by atoms with van der Waals surface area (Å²) in [5, 5.41) is 0. The molecule has 0 spiro atoms. The first-order valence-corrected chi connectivity index (χ1v) is 2.96. The summed E-state index contributed by atoms with van der Waals surface area (Å²) >= 11 is 0. The van der Waals surface area contributed by atoms with Crippen molar-refractivity contribution < 1.29 is 19.5 Å². The summed E-state index contributed by atoms with van der Waals surface area (Å²) in [5.41, 5.74) is 4.19. The molecule has 0 unspecified atom stereocenters. The molecule has 50 valence electrons. The van der Waals surface area contributed by atoms with E-state index in [1.807, 2.05) is 0 Å². The first-order chi connectivity index (χ1) is 3.70. The molecule has 1 heteroatoms. The van der Waals surface area contributed by atoms with Crippen molar-refractivity contribution in [2.75, 3.05) is 0 Å². The fourth-order valence-corrected chi connectivity index (χ4v) is 1.00. The smallest absolute Gasteiger partial charge is 0.250 e. The van der Waals surface area contributed by atoms with Crippen molar-refractivity contribution in [2.45, 2.75) is 27.2 Å². The molecule has 0 amide bonds. The van der Waals surface area contributed by atoms with E-state index in [4.69, 9.17) is 0 Å². The number of hydrogen-bond donors (Lipinski definition) is 0. The third kappa shape index (κ3) is 2.06. The maximum atomic E-state index is 3.26. The normalized spacial score (nSPS) is 17.4. The second-order valence-electron chi connectivity index (χ2n) is 2.49. The molecule has 0 aromatic heterocycles. The van der Waals surface area contributed by atoms with E-state index in [9.17, 15) is 0 Å². The van der Waals surface area contributed by atoms with E-state index in [0.717, 1.165) is 6.42 Å². The van der Waals surface area contributed by atoms with Gasteiger partial charge in [0.05, 0.1) is 0 Å². The van der Waals surface area contributed by atoms with Gasteiger partial charge < -0.3 is 0 Å². The second-order valence-corrected chi connectivity index (χ2v) is 2.49. The van der Waals surface area contributed by atoms with Crippen molar-refractivity contribution >= 4 is 0 Å². The second kappa shape index (κ2) is 3.32. The van der Waals surface area contributed by atoms with Crippen molar-refractivity contribution in [3.05, 3.63) is 22.8 Å². The first kappa shape index (κ1) is 9.10.